The summed E-state index contributed by atoms with van der Waals surface area (Å²) < 4.78 is 8.54. The third kappa shape index (κ3) is 6.70. The lowest BCUT2D eigenvalue weighted by molar-refractivity contribution is 0.0144. The summed E-state index contributed by atoms with van der Waals surface area (Å²) in [5.74, 6) is -0.242. The summed E-state index contributed by atoms with van der Waals surface area (Å²) in [4.78, 5) is 17.9. The number of rotatable bonds is 11. The van der Waals surface area contributed by atoms with E-state index in [1.807, 2.05) is 48.5 Å². The number of ether oxygens (including phenoxy) is 1. The Hall–Kier alpha value is -3.93. The summed E-state index contributed by atoms with van der Waals surface area (Å²) in [6, 6.07) is 37.2. The highest BCUT2D eigenvalue weighted by Gasteiger charge is 2.23. The van der Waals surface area contributed by atoms with E-state index >= 15 is 0 Å². The number of esters is 1. The number of aryl methyl sites for hydroxylation is 1. The maximum Gasteiger partial charge on any atom is 0.338 e. The van der Waals surface area contributed by atoms with Gasteiger partial charge in [-0.2, -0.15) is 0 Å². The summed E-state index contributed by atoms with van der Waals surface area (Å²) in [6.07, 6.45) is 2.90. The molecule has 1 saturated heterocycles. The number of unbranched alkanes of at least 4 members (excludes halogenated alkanes) is 1. The molecule has 210 valence electrons. The standard InChI is InChI=1S/C36H39N3O2/c40-36(30-15-5-2-6-16-30)41-31(27-29-13-3-1-4-14-29)28-38-25-23-37(24-26-38)21-11-12-22-39-34-19-9-7-17-32(34)33-18-8-10-20-35(33)39/h1-10,13-20,31H,11-12,21-28H2. The van der Waals surface area contributed by atoms with Crippen molar-refractivity contribution >= 4 is 27.8 Å². The van der Waals surface area contributed by atoms with Crippen molar-refractivity contribution in [2.75, 3.05) is 39.3 Å². The molecule has 1 fully saturated rings. The average Bonchev–Trinajstić information content (AvgIpc) is 3.34. The monoisotopic (exact) mass is 545 g/mol. The van der Waals surface area contributed by atoms with Gasteiger partial charge in [0.25, 0.3) is 0 Å². The van der Waals surface area contributed by atoms with Crippen LogP contribution >= 0.6 is 0 Å². The van der Waals surface area contributed by atoms with Gasteiger partial charge in [-0.3, -0.25) is 4.90 Å². The Bertz CT molecular complexity index is 1500. The SMILES string of the molecule is O=C(OC(Cc1ccccc1)CN1CCN(CCCCn2c3ccccc3c3ccccc32)CC1)c1ccccc1. The first kappa shape index (κ1) is 27.3. The Morgan fingerprint density at radius 3 is 1.83 bits per heavy atom. The number of hydrogen-bond acceptors (Lipinski definition) is 4. The fourth-order valence-electron chi connectivity index (χ4n) is 6.15. The van der Waals surface area contributed by atoms with Crippen LogP contribution in [0.25, 0.3) is 21.8 Å². The molecule has 4 aromatic carbocycles. The van der Waals surface area contributed by atoms with Crippen molar-refractivity contribution < 1.29 is 9.53 Å². The zero-order valence-electron chi connectivity index (χ0n) is 23.7. The third-order valence-electron chi connectivity index (χ3n) is 8.30. The van der Waals surface area contributed by atoms with Crippen LogP contribution in [0.2, 0.25) is 0 Å². The average molecular weight is 546 g/mol. The zero-order valence-corrected chi connectivity index (χ0v) is 23.7. The number of carbonyl (C=O) groups is 1. The van der Waals surface area contributed by atoms with Crippen molar-refractivity contribution in [3.63, 3.8) is 0 Å². The number of benzene rings is 4. The minimum atomic E-state index is -0.242. The normalized spacial score (nSPS) is 15.3. The van der Waals surface area contributed by atoms with Crippen molar-refractivity contribution in [2.24, 2.45) is 0 Å². The van der Waals surface area contributed by atoms with Gasteiger partial charge in [0, 0.05) is 67.5 Å². The third-order valence-corrected chi connectivity index (χ3v) is 8.30. The largest absolute Gasteiger partial charge is 0.457 e. The van der Waals surface area contributed by atoms with Gasteiger partial charge in [0.05, 0.1) is 5.56 Å². The molecule has 1 aromatic heterocycles. The molecule has 1 atom stereocenters. The van der Waals surface area contributed by atoms with E-state index in [2.05, 4.69) is 75.0 Å². The quantitative estimate of drug-likeness (QED) is 0.137. The molecule has 1 aliphatic rings. The molecule has 41 heavy (non-hydrogen) atoms. The van der Waals surface area contributed by atoms with E-state index in [1.54, 1.807) is 0 Å². The van der Waals surface area contributed by atoms with Gasteiger partial charge in [0.1, 0.15) is 6.10 Å². The summed E-state index contributed by atoms with van der Waals surface area (Å²) >= 11 is 0. The van der Waals surface area contributed by atoms with E-state index in [0.717, 1.165) is 58.7 Å². The van der Waals surface area contributed by atoms with E-state index < -0.39 is 0 Å². The van der Waals surface area contributed by atoms with E-state index in [-0.39, 0.29) is 12.1 Å². The maximum atomic E-state index is 12.9. The summed E-state index contributed by atoms with van der Waals surface area (Å²) in [7, 11) is 0. The number of aromatic nitrogens is 1. The lowest BCUT2D eigenvalue weighted by atomic mass is 10.1. The van der Waals surface area contributed by atoms with Crippen LogP contribution in [-0.2, 0) is 17.7 Å². The Balaban J connectivity index is 0.997. The zero-order chi connectivity index (χ0) is 27.9. The summed E-state index contributed by atoms with van der Waals surface area (Å²) in [6.45, 7) is 7.04. The number of fused-ring (bicyclic) bond motifs is 3. The summed E-state index contributed by atoms with van der Waals surface area (Å²) in [5.41, 5.74) is 4.47. The fraction of sp³-hybridized carbons (Fsp3) is 0.306. The number of piperazine rings is 1. The molecule has 0 amide bonds. The molecule has 1 aliphatic heterocycles. The summed E-state index contributed by atoms with van der Waals surface area (Å²) in [5, 5.41) is 2.69. The Morgan fingerprint density at radius 2 is 1.17 bits per heavy atom. The first-order valence-electron chi connectivity index (χ1n) is 15.0. The number of para-hydroxylation sites is 2. The topological polar surface area (TPSA) is 37.7 Å². The van der Waals surface area contributed by atoms with Gasteiger partial charge in [-0.05, 0) is 49.2 Å². The van der Waals surface area contributed by atoms with Gasteiger partial charge >= 0.3 is 5.97 Å². The molecule has 5 heteroatoms. The number of nitrogens with zero attached hydrogens (tertiary/aromatic N) is 3. The van der Waals surface area contributed by atoms with Gasteiger partial charge < -0.3 is 14.2 Å². The highest BCUT2D eigenvalue weighted by Crippen LogP contribution is 2.29. The second-order valence-electron chi connectivity index (χ2n) is 11.1. The van der Waals surface area contributed by atoms with Crippen LogP contribution in [0.1, 0.15) is 28.8 Å². The minimum Gasteiger partial charge on any atom is -0.457 e. The van der Waals surface area contributed by atoms with Crippen LogP contribution in [0.3, 0.4) is 0 Å². The van der Waals surface area contributed by atoms with Gasteiger partial charge in [0.15, 0.2) is 0 Å². The molecule has 0 aliphatic carbocycles. The second-order valence-corrected chi connectivity index (χ2v) is 11.1. The van der Waals surface area contributed by atoms with Crippen LogP contribution < -0.4 is 0 Å². The van der Waals surface area contributed by atoms with Crippen molar-refractivity contribution in [1.82, 2.24) is 14.4 Å². The predicted molar refractivity (Wildman–Crippen MR) is 167 cm³/mol. The van der Waals surface area contributed by atoms with Gasteiger partial charge in [0.2, 0.25) is 0 Å². The van der Waals surface area contributed by atoms with Crippen LogP contribution in [0.5, 0.6) is 0 Å². The molecule has 0 N–H and O–H groups in total. The first-order chi connectivity index (χ1) is 20.2. The molecule has 6 rings (SSSR count). The lowest BCUT2D eigenvalue weighted by Gasteiger charge is -2.36. The molecule has 0 saturated carbocycles. The van der Waals surface area contributed by atoms with Gasteiger partial charge in [-0.15, -0.1) is 0 Å². The minimum absolute atomic E-state index is 0.178. The number of hydrogen-bond donors (Lipinski definition) is 0. The van der Waals surface area contributed by atoms with E-state index in [1.165, 1.54) is 33.8 Å². The fourth-order valence-corrected chi connectivity index (χ4v) is 6.15. The van der Waals surface area contributed by atoms with Gasteiger partial charge in [-0.25, -0.2) is 4.79 Å². The van der Waals surface area contributed by atoms with E-state index in [4.69, 9.17) is 4.74 Å². The predicted octanol–water partition coefficient (Wildman–Crippen LogP) is 6.66. The molecule has 5 nitrogen and oxygen atoms in total. The molecular weight excluding hydrogens is 506 g/mol. The Kier molecular flexibility index (Phi) is 8.74. The second kappa shape index (κ2) is 13.2. The molecular formula is C36H39N3O2. The highest BCUT2D eigenvalue weighted by atomic mass is 16.5. The number of carbonyl (C=O) groups excluding carboxylic acids is 1. The highest BCUT2D eigenvalue weighted by molar-refractivity contribution is 6.07. The molecule has 0 radical (unpaired) electrons. The Labute approximate surface area is 242 Å². The lowest BCUT2D eigenvalue weighted by Crippen LogP contribution is -2.49. The van der Waals surface area contributed by atoms with Crippen molar-refractivity contribution in [1.29, 1.82) is 0 Å². The van der Waals surface area contributed by atoms with Crippen LogP contribution in [-0.4, -0.2) is 65.7 Å². The molecule has 0 bridgehead atoms. The first-order valence-corrected chi connectivity index (χ1v) is 15.0. The van der Waals surface area contributed by atoms with Crippen molar-refractivity contribution in [3.8, 4) is 0 Å². The molecule has 1 unspecified atom stereocenters. The smallest absolute Gasteiger partial charge is 0.338 e. The van der Waals surface area contributed by atoms with E-state index in [0.29, 0.717) is 5.56 Å². The van der Waals surface area contributed by atoms with E-state index in [9.17, 15) is 4.79 Å². The van der Waals surface area contributed by atoms with Crippen molar-refractivity contribution in [2.45, 2.75) is 31.9 Å². The van der Waals surface area contributed by atoms with Gasteiger partial charge in [-0.1, -0.05) is 84.9 Å². The van der Waals surface area contributed by atoms with Crippen molar-refractivity contribution in [3.05, 3.63) is 120 Å². The molecule has 5 aromatic rings. The van der Waals surface area contributed by atoms with Crippen LogP contribution in [0.15, 0.2) is 109 Å². The van der Waals surface area contributed by atoms with Crippen LogP contribution in [0, 0.1) is 0 Å². The molecule has 2 heterocycles. The maximum absolute atomic E-state index is 12.9. The van der Waals surface area contributed by atoms with Crippen LogP contribution in [0.4, 0.5) is 0 Å². The Morgan fingerprint density at radius 1 is 0.634 bits per heavy atom. The molecule has 0 spiro atoms.